The zero-order valence-corrected chi connectivity index (χ0v) is 16.4. The smallest absolute Gasteiger partial charge is 0.326 e. The Morgan fingerprint density at radius 3 is 1.90 bits per heavy atom. The molecule has 31 heavy (non-hydrogen) atoms. The predicted octanol–water partition coefficient (Wildman–Crippen LogP) is 3.13. The van der Waals surface area contributed by atoms with Crippen molar-refractivity contribution < 1.29 is 23.9 Å². The summed E-state index contributed by atoms with van der Waals surface area (Å²) in [4.78, 5) is 49.5. The third-order valence-corrected chi connectivity index (χ3v) is 4.81. The van der Waals surface area contributed by atoms with E-state index in [1.165, 1.54) is 12.1 Å². The van der Waals surface area contributed by atoms with Crippen molar-refractivity contribution in [3.05, 3.63) is 90.0 Å². The topological polar surface area (TPSA) is 92.8 Å². The van der Waals surface area contributed by atoms with Crippen molar-refractivity contribution in [1.82, 2.24) is 4.90 Å². The molecule has 3 aromatic carbocycles. The monoisotopic (exact) mass is 414 g/mol. The third kappa shape index (κ3) is 4.35. The van der Waals surface area contributed by atoms with Crippen molar-refractivity contribution in [3.63, 3.8) is 0 Å². The van der Waals surface area contributed by atoms with Crippen LogP contribution < -0.4 is 5.32 Å². The van der Waals surface area contributed by atoms with Crippen molar-refractivity contribution in [2.24, 2.45) is 0 Å². The fraction of sp³-hybridized carbons (Fsp3) is 0.0833. The molecule has 7 heteroatoms. The summed E-state index contributed by atoms with van der Waals surface area (Å²) in [5.41, 5.74) is 3.11. The Kier molecular flexibility index (Phi) is 5.57. The van der Waals surface area contributed by atoms with Gasteiger partial charge in [0.05, 0.1) is 11.1 Å². The fourth-order valence-corrected chi connectivity index (χ4v) is 3.28. The van der Waals surface area contributed by atoms with Crippen molar-refractivity contribution in [2.45, 2.75) is 0 Å². The van der Waals surface area contributed by atoms with E-state index in [9.17, 15) is 19.2 Å². The molecule has 1 heterocycles. The van der Waals surface area contributed by atoms with Crippen LogP contribution >= 0.6 is 0 Å². The van der Waals surface area contributed by atoms with Crippen LogP contribution in [0.1, 0.15) is 20.7 Å². The van der Waals surface area contributed by atoms with E-state index in [2.05, 4.69) is 5.32 Å². The van der Waals surface area contributed by atoms with E-state index in [0.717, 1.165) is 16.0 Å². The molecule has 0 fully saturated rings. The van der Waals surface area contributed by atoms with E-state index >= 15 is 0 Å². The number of imide groups is 1. The summed E-state index contributed by atoms with van der Waals surface area (Å²) in [5.74, 6) is -2.48. The van der Waals surface area contributed by atoms with Crippen LogP contribution in [0.3, 0.4) is 0 Å². The van der Waals surface area contributed by atoms with Gasteiger partial charge in [-0.1, -0.05) is 54.6 Å². The Bertz CT molecular complexity index is 1120. The minimum Gasteiger partial charge on any atom is -0.454 e. The number of amides is 3. The zero-order chi connectivity index (χ0) is 21.8. The average Bonchev–Trinajstić information content (AvgIpc) is 3.04. The molecule has 3 amide bonds. The van der Waals surface area contributed by atoms with Crippen LogP contribution in [0.25, 0.3) is 11.1 Å². The van der Waals surface area contributed by atoms with Gasteiger partial charge < -0.3 is 10.1 Å². The van der Waals surface area contributed by atoms with Gasteiger partial charge in [-0.15, -0.1) is 0 Å². The molecule has 0 bridgehead atoms. The normalized spacial score (nSPS) is 12.5. The van der Waals surface area contributed by atoms with Gasteiger partial charge in [-0.3, -0.25) is 24.1 Å². The maximum Gasteiger partial charge on any atom is 0.326 e. The molecule has 0 aliphatic carbocycles. The summed E-state index contributed by atoms with van der Waals surface area (Å²) in [7, 11) is 0. The van der Waals surface area contributed by atoms with Gasteiger partial charge in [-0.2, -0.15) is 0 Å². The number of benzene rings is 3. The Hall–Kier alpha value is -4.26. The highest BCUT2D eigenvalue weighted by Crippen LogP contribution is 2.22. The summed E-state index contributed by atoms with van der Waals surface area (Å²) in [6.07, 6.45) is 0. The molecule has 3 aromatic rings. The fourth-order valence-electron chi connectivity index (χ4n) is 3.28. The molecule has 1 aliphatic heterocycles. The lowest BCUT2D eigenvalue weighted by molar-refractivity contribution is -0.147. The Labute approximate surface area is 178 Å². The minimum atomic E-state index is -0.843. The summed E-state index contributed by atoms with van der Waals surface area (Å²) >= 11 is 0. The summed E-state index contributed by atoms with van der Waals surface area (Å²) in [6, 6.07) is 23.4. The lowest BCUT2D eigenvalue weighted by Gasteiger charge is -2.13. The second kappa shape index (κ2) is 8.62. The number of ether oxygens (including phenoxy) is 1. The molecule has 1 N–H and O–H groups in total. The number of hydrogen-bond donors (Lipinski definition) is 1. The van der Waals surface area contributed by atoms with Crippen LogP contribution in [0.2, 0.25) is 0 Å². The van der Waals surface area contributed by atoms with Crippen molar-refractivity contribution in [2.75, 3.05) is 18.5 Å². The molecule has 1 aliphatic rings. The molecular weight excluding hydrogens is 396 g/mol. The number of carbonyl (C=O) groups excluding carboxylic acids is 4. The largest absolute Gasteiger partial charge is 0.454 e. The van der Waals surface area contributed by atoms with E-state index in [-0.39, 0.29) is 11.1 Å². The lowest BCUT2D eigenvalue weighted by atomic mass is 10.1. The molecule has 4 rings (SSSR count). The maximum atomic E-state index is 12.3. The SMILES string of the molecule is O=C(COC(=O)CN1C(=O)c2ccccc2C1=O)Nc1ccc(-c2ccccc2)cc1. The predicted molar refractivity (Wildman–Crippen MR) is 113 cm³/mol. The van der Waals surface area contributed by atoms with Crippen LogP contribution in [0, 0.1) is 0 Å². The van der Waals surface area contributed by atoms with Crippen LogP contribution in [-0.2, 0) is 14.3 Å². The quantitative estimate of drug-likeness (QED) is 0.494. The van der Waals surface area contributed by atoms with Gasteiger partial charge in [0.25, 0.3) is 17.7 Å². The van der Waals surface area contributed by atoms with Gasteiger partial charge in [0.15, 0.2) is 6.61 Å². The first-order valence-electron chi connectivity index (χ1n) is 9.59. The summed E-state index contributed by atoms with van der Waals surface area (Å²) in [5, 5.41) is 2.64. The van der Waals surface area contributed by atoms with E-state index in [0.29, 0.717) is 5.69 Å². The van der Waals surface area contributed by atoms with Crippen molar-refractivity contribution >= 4 is 29.4 Å². The second-order valence-electron chi connectivity index (χ2n) is 6.89. The number of fused-ring (bicyclic) bond motifs is 1. The number of carbonyl (C=O) groups is 4. The standard InChI is InChI=1S/C24H18N2O5/c27-21(25-18-12-10-17(11-13-18)16-6-2-1-3-7-16)15-31-22(28)14-26-23(29)19-8-4-5-9-20(19)24(26)30/h1-13H,14-15H2,(H,25,27). The number of esters is 1. The highest BCUT2D eigenvalue weighted by atomic mass is 16.5. The minimum absolute atomic E-state index is 0.247. The Morgan fingerprint density at radius 2 is 1.29 bits per heavy atom. The van der Waals surface area contributed by atoms with Gasteiger partial charge >= 0.3 is 5.97 Å². The summed E-state index contributed by atoms with van der Waals surface area (Å²) in [6.45, 7) is -1.08. The number of nitrogens with one attached hydrogen (secondary N) is 1. The lowest BCUT2D eigenvalue weighted by Crippen LogP contribution is -2.36. The molecule has 0 saturated heterocycles. The van der Waals surface area contributed by atoms with Crippen molar-refractivity contribution in [1.29, 1.82) is 0 Å². The molecule has 0 radical (unpaired) electrons. The van der Waals surface area contributed by atoms with E-state index in [4.69, 9.17) is 4.74 Å². The van der Waals surface area contributed by atoms with E-state index < -0.39 is 36.8 Å². The maximum absolute atomic E-state index is 12.3. The van der Waals surface area contributed by atoms with Crippen molar-refractivity contribution in [3.8, 4) is 11.1 Å². The molecule has 154 valence electrons. The molecule has 7 nitrogen and oxygen atoms in total. The number of rotatable bonds is 6. The highest BCUT2D eigenvalue weighted by molar-refractivity contribution is 6.22. The Morgan fingerprint density at radius 1 is 0.742 bits per heavy atom. The van der Waals surface area contributed by atoms with Gasteiger partial charge in [0, 0.05) is 5.69 Å². The molecule has 0 saturated carbocycles. The van der Waals surface area contributed by atoms with E-state index in [1.807, 2.05) is 42.5 Å². The van der Waals surface area contributed by atoms with Crippen LogP contribution in [0.5, 0.6) is 0 Å². The average molecular weight is 414 g/mol. The second-order valence-corrected chi connectivity index (χ2v) is 6.89. The molecule has 0 unspecified atom stereocenters. The van der Waals surface area contributed by atoms with E-state index in [1.54, 1.807) is 24.3 Å². The first kappa shape index (κ1) is 20.0. The molecule has 0 spiro atoms. The van der Waals surface area contributed by atoms with Gasteiger partial charge in [-0.05, 0) is 35.4 Å². The van der Waals surface area contributed by atoms with Crippen LogP contribution in [0.4, 0.5) is 5.69 Å². The number of nitrogens with zero attached hydrogens (tertiary/aromatic N) is 1. The van der Waals surface area contributed by atoms with Crippen LogP contribution in [0.15, 0.2) is 78.9 Å². The molecule has 0 atom stereocenters. The van der Waals surface area contributed by atoms with Gasteiger partial charge in [0.1, 0.15) is 6.54 Å². The zero-order valence-electron chi connectivity index (χ0n) is 16.4. The summed E-state index contributed by atoms with van der Waals surface area (Å²) < 4.78 is 4.93. The third-order valence-electron chi connectivity index (χ3n) is 4.81. The van der Waals surface area contributed by atoms with Crippen LogP contribution in [-0.4, -0.2) is 41.7 Å². The first-order valence-corrected chi connectivity index (χ1v) is 9.59. The number of hydrogen-bond acceptors (Lipinski definition) is 5. The Balaban J connectivity index is 1.28. The molecule has 0 aromatic heterocycles. The first-order chi connectivity index (χ1) is 15.0. The number of anilines is 1. The van der Waals surface area contributed by atoms with Gasteiger partial charge in [0.2, 0.25) is 0 Å². The molecular formula is C24H18N2O5. The van der Waals surface area contributed by atoms with Gasteiger partial charge in [-0.25, -0.2) is 0 Å². The highest BCUT2D eigenvalue weighted by Gasteiger charge is 2.36.